The first kappa shape index (κ1) is 12.5. The second-order valence-corrected chi connectivity index (χ2v) is 5.10. The van der Waals surface area contributed by atoms with E-state index in [1.54, 1.807) is 12.3 Å². The van der Waals surface area contributed by atoms with Gasteiger partial charge >= 0.3 is 0 Å². The molecule has 17 heavy (non-hydrogen) atoms. The van der Waals surface area contributed by atoms with Gasteiger partial charge in [0.15, 0.2) is 0 Å². The Morgan fingerprint density at radius 2 is 2.18 bits per heavy atom. The lowest BCUT2D eigenvalue weighted by atomic mass is 9.75. The van der Waals surface area contributed by atoms with Gasteiger partial charge in [-0.25, -0.2) is 0 Å². The number of nitrogens with zero attached hydrogens (tertiary/aromatic N) is 2. The van der Waals surface area contributed by atoms with E-state index in [0.717, 1.165) is 4.47 Å². The summed E-state index contributed by atoms with van der Waals surface area (Å²) in [5.41, 5.74) is -0.226. The maximum Gasteiger partial charge on any atom is 0.115 e. The van der Waals surface area contributed by atoms with E-state index in [0.29, 0.717) is 31.7 Å². The molecule has 1 fully saturated rings. The number of aliphatic hydroxyl groups excluding tert-OH is 1. The van der Waals surface area contributed by atoms with Crippen LogP contribution in [0.3, 0.4) is 0 Å². The van der Waals surface area contributed by atoms with Gasteiger partial charge in [-0.15, -0.1) is 0 Å². The van der Waals surface area contributed by atoms with Gasteiger partial charge in [0.05, 0.1) is 17.2 Å². The normalized spacial score (nSPS) is 20.5. The lowest BCUT2D eigenvalue weighted by molar-refractivity contribution is -0.0326. The van der Waals surface area contributed by atoms with Gasteiger partial charge in [-0.05, 0) is 40.9 Å². The third-order valence-corrected chi connectivity index (χ3v) is 3.63. The number of ether oxygens (including phenoxy) is 1. The van der Waals surface area contributed by atoms with Crippen molar-refractivity contribution >= 4 is 15.9 Å². The predicted molar refractivity (Wildman–Crippen MR) is 65.0 cm³/mol. The van der Waals surface area contributed by atoms with Crippen LogP contribution < -0.4 is 0 Å². The fourth-order valence-electron chi connectivity index (χ4n) is 2.01. The molecular formula is C12H13BrN2O2. The molecule has 1 atom stereocenters. The standard InChI is InChI=1S/C12H13BrN2O2/c13-9-1-2-10(15-7-9)11(16)12(8-14)3-5-17-6-4-12/h1-2,7,11,16H,3-6H2. The summed E-state index contributed by atoms with van der Waals surface area (Å²) in [6.07, 6.45) is 1.86. The minimum absolute atomic E-state index is 0.515. The lowest BCUT2D eigenvalue weighted by Crippen LogP contribution is -2.34. The summed E-state index contributed by atoms with van der Waals surface area (Å²) in [6.45, 7) is 1.03. The Morgan fingerprint density at radius 1 is 1.47 bits per heavy atom. The largest absolute Gasteiger partial charge is 0.385 e. The molecule has 5 heteroatoms. The average molecular weight is 297 g/mol. The fourth-order valence-corrected chi connectivity index (χ4v) is 2.25. The first-order valence-corrected chi connectivity index (χ1v) is 6.26. The molecule has 90 valence electrons. The number of aliphatic hydroxyl groups is 1. The number of pyridine rings is 1. The second kappa shape index (κ2) is 5.13. The highest BCUT2D eigenvalue weighted by Gasteiger charge is 2.41. The van der Waals surface area contributed by atoms with Crippen LogP contribution in [-0.2, 0) is 4.74 Å². The van der Waals surface area contributed by atoms with Gasteiger partial charge in [0.1, 0.15) is 6.10 Å². The molecule has 1 aliphatic heterocycles. The lowest BCUT2D eigenvalue weighted by Gasteiger charge is -2.34. The quantitative estimate of drug-likeness (QED) is 0.908. The number of nitriles is 1. The van der Waals surface area contributed by atoms with E-state index < -0.39 is 11.5 Å². The van der Waals surface area contributed by atoms with Crippen molar-refractivity contribution in [3.8, 4) is 6.07 Å². The highest BCUT2D eigenvalue weighted by Crippen LogP contribution is 2.41. The minimum Gasteiger partial charge on any atom is -0.385 e. The summed E-state index contributed by atoms with van der Waals surface area (Å²) >= 11 is 3.29. The molecule has 4 nitrogen and oxygen atoms in total. The molecule has 1 unspecified atom stereocenters. The van der Waals surface area contributed by atoms with Crippen LogP contribution >= 0.6 is 15.9 Å². The van der Waals surface area contributed by atoms with Gasteiger partial charge in [0, 0.05) is 23.9 Å². The van der Waals surface area contributed by atoms with Crippen molar-refractivity contribution < 1.29 is 9.84 Å². The molecule has 0 amide bonds. The van der Waals surface area contributed by atoms with Gasteiger partial charge in [-0.2, -0.15) is 5.26 Å². The predicted octanol–water partition coefficient (Wildman–Crippen LogP) is 2.20. The minimum atomic E-state index is -0.857. The van der Waals surface area contributed by atoms with Crippen molar-refractivity contribution in [3.63, 3.8) is 0 Å². The van der Waals surface area contributed by atoms with Crippen LogP contribution in [0.25, 0.3) is 0 Å². The summed E-state index contributed by atoms with van der Waals surface area (Å²) in [7, 11) is 0. The van der Waals surface area contributed by atoms with Crippen molar-refractivity contribution in [1.29, 1.82) is 5.26 Å². The van der Waals surface area contributed by atoms with Gasteiger partial charge in [-0.3, -0.25) is 4.98 Å². The molecule has 0 aromatic carbocycles. The molecule has 1 aromatic rings. The zero-order chi connectivity index (χ0) is 12.3. The Hall–Kier alpha value is -0.960. The smallest absolute Gasteiger partial charge is 0.115 e. The van der Waals surface area contributed by atoms with E-state index in [-0.39, 0.29) is 0 Å². The van der Waals surface area contributed by atoms with E-state index in [4.69, 9.17) is 4.74 Å². The molecular weight excluding hydrogens is 284 g/mol. The van der Waals surface area contributed by atoms with Crippen LogP contribution in [0.15, 0.2) is 22.8 Å². The molecule has 2 rings (SSSR count). The van der Waals surface area contributed by atoms with Crippen molar-refractivity contribution in [2.75, 3.05) is 13.2 Å². The third kappa shape index (κ3) is 2.49. The summed E-state index contributed by atoms with van der Waals surface area (Å²) in [5, 5.41) is 19.7. The molecule has 0 spiro atoms. The molecule has 1 N–H and O–H groups in total. The van der Waals surface area contributed by atoms with Crippen molar-refractivity contribution in [3.05, 3.63) is 28.5 Å². The third-order valence-electron chi connectivity index (χ3n) is 3.16. The maximum atomic E-state index is 10.3. The summed E-state index contributed by atoms with van der Waals surface area (Å²) in [4.78, 5) is 4.16. The first-order valence-electron chi connectivity index (χ1n) is 5.46. The Morgan fingerprint density at radius 3 is 2.71 bits per heavy atom. The number of aromatic nitrogens is 1. The second-order valence-electron chi connectivity index (χ2n) is 4.18. The monoisotopic (exact) mass is 296 g/mol. The van der Waals surface area contributed by atoms with Crippen LogP contribution in [0.4, 0.5) is 0 Å². The number of rotatable bonds is 2. The average Bonchev–Trinajstić information content (AvgIpc) is 2.39. The molecule has 0 radical (unpaired) electrons. The molecule has 1 aliphatic rings. The zero-order valence-electron chi connectivity index (χ0n) is 9.27. The van der Waals surface area contributed by atoms with E-state index in [2.05, 4.69) is 27.0 Å². The molecule has 0 bridgehead atoms. The maximum absolute atomic E-state index is 10.3. The number of hydrogen-bond donors (Lipinski definition) is 1. The van der Waals surface area contributed by atoms with Crippen molar-refractivity contribution in [2.24, 2.45) is 5.41 Å². The number of halogens is 1. The van der Waals surface area contributed by atoms with E-state index >= 15 is 0 Å². The Balaban J connectivity index is 2.25. The highest BCUT2D eigenvalue weighted by molar-refractivity contribution is 9.10. The van der Waals surface area contributed by atoms with E-state index in [1.165, 1.54) is 0 Å². The topological polar surface area (TPSA) is 66.1 Å². The van der Waals surface area contributed by atoms with Gasteiger partial charge in [0.2, 0.25) is 0 Å². The molecule has 0 aliphatic carbocycles. The van der Waals surface area contributed by atoms with E-state index in [9.17, 15) is 10.4 Å². The zero-order valence-corrected chi connectivity index (χ0v) is 10.9. The Labute approximate surface area is 108 Å². The summed E-state index contributed by atoms with van der Waals surface area (Å²) in [6, 6.07) is 5.80. The summed E-state index contributed by atoms with van der Waals surface area (Å²) < 4.78 is 6.09. The van der Waals surface area contributed by atoms with Gasteiger partial charge in [-0.1, -0.05) is 0 Å². The van der Waals surface area contributed by atoms with Gasteiger partial charge in [0.25, 0.3) is 0 Å². The fraction of sp³-hybridized carbons (Fsp3) is 0.500. The highest BCUT2D eigenvalue weighted by atomic mass is 79.9. The molecule has 1 saturated heterocycles. The SMILES string of the molecule is N#CC1(C(O)c2ccc(Br)cn2)CCOCC1. The van der Waals surface area contributed by atoms with Crippen LogP contribution in [-0.4, -0.2) is 23.3 Å². The van der Waals surface area contributed by atoms with Gasteiger partial charge < -0.3 is 9.84 Å². The van der Waals surface area contributed by atoms with Crippen molar-refractivity contribution in [2.45, 2.75) is 18.9 Å². The Bertz CT molecular complexity index is 421. The molecule has 2 heterocycles. The van der Waals surface area contributed by atoms with Crippen LogP contribution in [0.1, 0.15) is 24.6 Å². The van der Waals surface area contributed by atoms with Crippen LogP contribution in [0.2, 0.25) is 0 Å². The Kier molecular flexibility index (Phi) is 3.77. The van der Waals surface area contributed by atoms with Crippen molar-refractivity contribution in [1.82, 2.24) is 4.98 Å². The molecule has 0 saturated carbocycles. The first-order chi connectivity index (χ1) is 8.18. The van der Waals surface area contributed by atoms with Crippen LogP contribution in [0, 0.1) is 16.7 Å². The van der Waals surface area contributed by atoms with E-state index in [1.807, 2.05) is 6.07 Å². The molecule has 1 aromatic heterocycles. The van der Waals surface area contributed by atoms with Crippen LogP contribution in [0.5, 0.6) is 0 Å². The number of hydrogen-bond acceptors (Lipinski definition) is 4. The summed E-state index contributed by atoms with van der Waals surface area (Å²) in [5.74, 6) is 0.